The van der Waals surface area contributed by atoms with Crippen LogP contribution >= 0.6 is 0 Å². The third-order valence-corrected chi connectivity index (χ3v) is 5.93. The number of nitrogens with one attached hydrogen (secondary N) is 1. The SMILES string of the molecule is COC(=O)CC(=O)NC1CCN(c2ccccc2C(=O)N2CCCCC2C)CC1. The predicted molar refractivity (Wildman–Crippen MR) is 111 cm³/mol. The highest BCUT2D eigenvalue weighted by Gasteiger charge is 2.28. The highest BCUT2D eigenvalue weighted by molar-refractivity contribution is 6.00. The van der Waals surface area contributed by atoms with E-state index < -0.39 is 5.97 Å². The number of carbonyl (C=O) groups excluding carboxylic acids is 3. The maximum absolute atomic E-state index is 13.2. The fourth-order valence-electron chi connectivity index (χ4n) is 4.23. The molecule has 158 valence electrons. The Balaban J connectivity index is 1.62. The Kier molecular flexibility index (Phi) is 7.12. The highest BCUT2D eigenvalue weighted by Crippen LogP contribution is 2.28. The molecule has 0 aromatic heterocycles. The van der Waals surface area contributed by atoms with E-state index in [1.165, 1.54) is 13.5 Å². The second-order valence-corrected chi connectivity index (χ2v) is 7.94. The van der Waals surface area contributed by atoms with Crippen molar-refractivity contribution in [3.05, 3.63) is 29.8 Å². The summed E-state index contributed by atoms with van der Waals surface area (Å²) in [5.74, 6) is -0.717. The summed E-state index contributed by atoms with van der Waals surface area (Å²) in [5.41, 5.74) is 1.73. The van der Waals surface area contributed by atoms with Crippen molar-refractivity contribution in [2.45, 2.75) is 57.5 Å². The molecule has 1 atom stereocenters. The predicted octanol–water partition coefficient (Wildman–Crippen LogP) is 2.35. The first-order chi connectivity index (χ1) is 14.0. The van der Waals surface area contributed by atoms with Gasteiger partial charge in [0.2, 0.25) is 5.91 Å². The van der Waals surface area contributed by atoms with Gasteiger partial charge >= 0.3 is 5.97 Å². The van der Waals surface area contributed by atoms with E-state index in [2.05, 4.69) is 21.9 Å². The number of benzene rings is 1. The summed E-state index contributed by atoms with van der Waals surface area (Å²) in [5, 5.41) is 2.91. The molecule has 2 heterocycles. The van der Waals surface area contributed by atoms with Gasteiger partial charge in [-0.2, -0.15) is 0 Å². The maximum Gasteiger partial charge on any atom is 0.315 e. The van der Waals surface area contributed by atoms with Gasteiger partial charge in [0.15, 0.2) is 0 Å². The molecule has 0 radical (unpaired) electrons. The van der Waals surface area contributed by atoms with E-state index in [1.807, 2.05) is 29.2 Å². The van der Waals surface area contributed by atoms with Crippen molar-refractivity contribution in [3.8, 4) is 0 Å². The molecule has 7 nitrogen and oxygen atoms in total. The van der Waals surface area contributed by atoms with Gasteiger partial charge in [0.05, 0.1) is 12.7 Å². The van der Waals surface area contributed by atoms with Gasteiger partial charge in [0.25, 0.3) is 5.91 Å². The van der Waals surface area contributed by atoms with Gasteiger partial charge in [0.1, 0.15) is 6.42 Å². The molecule has 2 saturated heterocycles. The standard InChI is InChI=1S/C22H31N3O4/c1-16-7-5-6-12-25(16)22(28)18-8-3-4-9-19(18)24-13-10-17(11-14-24)23-20(26)15-21(27)29-2/h3-4,8-9,16-17H,5-7,10-15H2,1-2H3,(H,23,26). The number of hydrogen-bond donors (Lipinski definition) is 1. The lowest BCUT2D eigenvalue weighted by molar-refractivity contribution is -0.144. The van der Waals surface area contributed by atoms with Crippen molar-refractivity contribution in [1.29, 1.82) is 0 Å². The average molecular weight is 402 g/mol. The number of para-hydroxylation sites is 1. The first-order valence-corrected chi connectivity index (χ1v) is 10.5. The van der Waals surface area contributed by atoms with Crippen molar-refractivity contribution in [1.82, 2.24) is 10.2 Å². The summed E-state index contributed by atoms with van der Waals surface area (Å²) in [4.78, 5) is 40.6. The van der Waals surface area contributed by atoms with E-state index >= 15 is 0 Å². The third-order valence-electron chi connectivity index (χ3n) is 5.93. The smallest absolute Gasteiger partial charge is 0.315 e. The molecular formula is C22H31N3O4. The minimum absolute atomic E-state index is 0.0355. The molecular weight excluding hydrogens is 370 g/mol. The number of hydrogen-bond acceptors (Lipinski definition) is 5. The zero-order valence-corrected chi connectivity index (χ0v) is 17.4. The Morgan fingerprint density at radius 3 is 2.48 bits per heavy atom. The van der Waals surface area contributed by atoms with Crippen molar-refractivity contribution < 1.29 is 19.1 Å². The van der Waals surface area contributed by atoms with Crippen LogP contribution in [0.5, 0.6) is 0 Å². The molecule has 29 heavy (non-hydrogen) atoms. The van der Waals surface area contributed by atoms with Crippen LogP contribution in [0.25, 0.3) is 0 Å². The van der Waals surface area contributed by atoms with Crippen LogP contribution in [0.15, 0.2) is 24.3 Å². The van der Waals surface area contributed by atoms with Crippen LogP contribution in [-0.2, 0) is 14.3 Å². The molecule has 0 bridgehead atoms. The van der Waals surface area contributed by atoms with E-state index in [-0.39, 0.29) is 30.3 Å². The van der Waals surface area contributed by atoms with Crippen LogP contribution in [-0.4, -0.2) is 61.5 Å². The number of likely N-dealkylation sites (tertiary alicyclic amines) is 1. The minimum atomic E-state index is -0.528. The van der Waals surface area contributed by atoms with Crippen LogP contribution in [0, 0.1) is 0 Å². The van der Waals surface area contributed by atoms with Crippen LogP contribution in [0.1, 0.15) is 55.8 Å². The summed E-state index contributed by atoms with van der Waals surface area (Å²) in [6, 6.07) is 8.14. The highest BCUT2D eigenvalue weighted by atomic mass is 16.5. The number of esters is 1. The Bertz CT molecular complexity index is 743. The van der Waals surface area contributed by atoms with Crippen LogP contribution in [0.3, 0.4) is 0 Å². The van der Waals surface area contributed by atoms with Crippen LogP contribution in [0.4, 0.5) is 5.69 Å². The van der Waals surface area contributed by atoms with Crippen LogP contribution < -0.4 is 10.2 Å². The number of carbonyl (C=O) groups is 3. The fraction of sp³-hybridized carbons (Fsp3) is 0.591. The number of anilines is 1. The number of amides is 2. The van der Waals surface area contributed by atoms with Crippen molar-refractivity contribution in [2.75, 3.05) is 31.6 Å². The van der Waals surface area contributed by atoms with Gasteiger partial charge in [-0.3, -0.25) is 14.4 Å². The fourth-order valence-corrected chi connectivity index (χ4v) is 4.23. The molecule has 2 aliphatic heterocycles. The number of rotatable bonds is 5. The Morgan fingerprint density at radius 1 is 1.07 bits per heavy atom. The van der Waals surface area contributed by atoms with E-state index in [0.29, 0.717) is 0 Å². The molecule has 3 rings (SSSR count). The van der Waals surface area contributed by atoms with Gasteiger partial charge in [-0.25, -0.2) is 0 Å². The molecule has 1 N–H and O–H groups in total. The lowest BCUT2D eigenvalue weighted by Gasteiger charge is -2.37. The van der Waals surface area contributed by atoms with Gasteiger partial charge in [-0.15, -0.1) is 0 Å². The topological polar surface area (TPSA) is 79.0 Å². The molecule has 1 unspecified atom stereocenters. The molecule has 1 aromatic rings. The zero-order valence-electron chi connectivity index (χ0n) is 17.4. The normalized spacial score (nSPS) is 20.3. The Morgan fingerprint density at radius 2 is 1.79 bits per heavy atom. The van der Waals surface area contributed by atoms with Gasteiger partial charge in [-0.1, -0.05) is 12.1 Å². The van der Waals surface area contributed by atoms with Gasteiger partial charge < -0.3 is 19.9 Å². The quantitative estimate of drug-likeness (QED) is 0.605. The monoisotopic (exact) mass is 401 g/mol. The molecule has 1 aromatic carbocycles. The second kappa shape index (κ2) is 9.76. The zero-order chi connectivity index (χ0) is 20.8. The molecule has 0 aliphatic carbocycles. The first-order valence-electron chi connectivity index (χ1n) is 10.5. The lowest BCUT2D eigenvalue weighted by Crippen LogP contribution is -2.46. The summed E-state index contributed by atoms with van der Waals surface area (Å²) >= 11 is 0. The molecule has 2 aliphatic rings. The maximum atomic E-state index is 13.2. The van der Waals surface area contributed by atoms with Gasteiger partial charge in [-0.05, 0) is 51.2 Å². The number of methoxy groups -OCH3 is 1. The summed E-state index contributed by atoms with van der Waals surface area (Å²) in [7, 11) is 1.28. The molecule has 2 fully saturated rings. The number of nitrogens with zero attached hydrogens (tertiary/aromatic N) is 2. The lowest BCUT2D eigenvalue weighted by atomic mass is 10.00. The molecule has 0 spiro atoms. The van der Waals surface area contributed by atoms with Crippen molar-refractivity contribution in [2.24, 2.45) is 0 Å². The average Bonchev–Trinajstić information content (AvgIpc) is 2.74. The van der Waals surface area contributed by atoms with Crippen molar-refractivity contribution in [3.63, 3.8) is 0 Å². The summed E-state index contributed by atoms with van der Waals surface area (Å²) in [6.45, 7) is 4.46. The number of piperidine rings is 2. The molecule has 0 saturated carbocycles. The van der Waals surface area contributed by atoms with Crippen LogP contribution in [0.2, 0.25) is 0 Å². The Labute approximate surface area is 172 Å². The van der Waals surface area contributed by atoms with E-state index in [0.717, 1.165) is 56.6 Å². The van der Waals surface area contributed by atoms with E-state index in [1.54, 1.807) is 0 Å². The number of ether oxygens (including phenoxy) is 1. The summed E-state index contributed by atoms with van der Waals surface area (Å²) < 4.78 is 4.53. The minimum Gasteiger partial charge on any atom is -0.469 e. The third kappa shape index (κ3) is 5.28. The van der Waals surface area contributed by atoms with Gasteiger partial charge in [0, 0.05) is 37.4 Å². The Hall–Kier alpha value is -2.57. The van der Waals surface area contributed by atoms with E-state index in [4.69, 9.17) is 0 Å². The molecule has 2 amide bonds. The van der Waals surface area contributed by atoms with Crippen molar-refractivity contribution >= 4 is 23.5 Å². The first kappa shape index (κ1) is 21.1. The van der Waals surface area contributed by atoms with E-state index in [9.17, 15) is 14.4 Å². The molecule has 7 heteroatoms. The largest absolute Gasteiger partial charge is 0.469 e. The summed E-state index contributed by atoms with van der Waals surface area (Å²) in [6.07, 6.45) is 4.61. The second-order valence-electron chi connectivity index (χ2n) is 7.94.